The molecule has 3 aromatic heterocycles. The Balaban J connectivity index is 1.19. The Morgan fingerprint density at radius 3 is 1.81 bits per heavy atom. The molecule has 10 rings (SSSR count). The van der Waals surface area contributed by atoms with Gasteiger partial charge in [0.15, 0.2) is 5.82 Å². The van der Waals surface area contributed by atoms with Crippen molar-refractivity contribution in [1.82, 2.24) is 15.0 Å². The van der Waals surface area contributed by atoms with E-state index in [1.165, 1.54) is 10.8 Å². The first-order valence-electron chi connectivity index (χ1n) is 17.7. The molecule has 0 aliphatic rings. The summed E-state index contributed by atoms with van der Waals surface area (Å²) in [6.45, 7) is 0. The number of furan rings is 1. The lowest BCUT2D eigenvalue weighted by Gasteiger charge is -2.14. The van der Waals surface area contributed by atoms with E-state index in [4.69, 9.17) is 14.4 Å². The number of aromatic nitrogens is 3. The highest BCUT2D eigenvalue weighted by Gasteiger charge is 2.16. The van der Waals surface area contributed by atoms with Crippen LogP contribution in [0.5, 0.6) is 0 Å². The number of hydrogen-bond donors (Lipinski definition) is 0. The average Bonchev–Trinajstić information content (AvgIpc) is 3.62. The molecule has 0 amide bonds. The van der Waals surface area contributed by atoms with Gasteiger partial charge in [-0.05, 0) is 99.3 Å². The zero-order valence-corrected chi connectivity index (χ0v) is 28.6. The van der Waals surface area contributed by atoms with Crippen molar-refractivity contribution in [3.8, 4) is 67.3 Å². The Kier molecular flexibility index (Phi) is 7.43. The first kappa shape index (κ1) is 30.6. The lowest BCUT2D eigenvalue weighted by molar-refractivity contribution is 0.669. The fourth-order valence-electron chi connectivity index (χ4n) is 7.24. The van der Waals surface area contributed by atoms with Crippen molar-refractivity contribution in [1.29, 1.82) is 0 Å². The summed E-state index contributed by atoms with van der Waals surface area (Å²) >= 11 is 0. The van der Waals surface area contributed by atoms with E-state index in [9.17, 15) is 0 Å². The van der Waals surface area contributed by atoms with Crippen LogP contribution < -0.4 is 0 Å². The molecule has 7 aromatic carbocycles. The fourth-order valence-corrected chi connectivity index (χ4v) is 7.24. The van der Waals surface area contributed by atoms with Gasteiger partial charge in [0.25, 0.3) is 0 Å². The third kappa shape index (κ3) is 5.82. The molecular weight excluding hydrogens is 647 g/mol. The smallest absolute Gasteiger partial charge is 0.160 e. The summed E-state index contributed by atoms with van der Waals surface area (Å²) in [4.78, 5) is 14.8. The van der Waals surface area contributed by atoms with Crippen LogP contribution in [0.1, 0.15) is 0 Å². The number of nitrogens with zero attached hydrogens (tertiary/aromatic N) is 3. The number of hydrogen-bond acceptors (Lipinski definition) is 4. The molecule has 0 unspecified atom stereocenters. The molecular formula is C49H31N3O. The van der Waals surface area contributed by atoms with Crippen molar-refractivity contribution in [2.75, 3.05) is 0 Å². The third-order valence-electron chi connectivity index (χ3n) is 9.93. The van der Waals surface area contributed by atoms with E-state index in [2.05, 4.69) is 145 Å². The van der Waals surface area contributed by atoms with Crippen LogP contribution >= 0.6 is 0 Å². The monoisotopic (exact) mass is 677 g/mol. The van der Waals surface area contributed by atoms with Gasteiger partial charge in [-0.2, -0.15) is 0 Å². The topological polar surface area (TPSA) is 51.8 Å². The molecule has 0 atom stereocenters. The zero-order chi connectivity index (χ0) is 35.1. The Morgan fingerprint density at radius 1 is 0.340 bits per heavy atom. The van der Waals surface area contributed by atoms with Crippen molar-refractivity contribution in [3.63, 3.8) is 0 Å². The normalized spacial score (nSPS) is 11.4. The highest BCUT2D eigenvalue weighted by atomic mass is 16.3. The predicted octanol–water partition coefficient (Wildman–Crippen LogP) is 12.9. The molecule has 3 heterocycles. The van der Waals surface area contributed by atoms with Crippen LogP contribution in [0.15, 0.2) is 193 Å². The van der Waals surface area contributed by atoms with E-state index >= 15 is 0 Å². The lowest BCUT2D eigenvalue weighted by atomic mass is 9.93. The summed E-state index contributed by atoms with van der Waals surface area (Å²) < 4.78 is 6.20. The van der Waals surface area contributed by atoms with Crippen molar-refractivity contribution < 1.29 is 4.42 Å². The molecule has 53 heavy (non-hydrogen) atoms. The molecule has 0 bridgehead atoms. The number of benzene rings is 7. The molecule has 0 radical (unpaired) electrons. The standard InChI is InChI=1S/C49H31N3O/c1-2-11-33(12-3-1)45-30-46(52-49(51-45)38-15-8-14-35(25-38)39-16-9-23-50-31-39)42-27-40(36-20-19-32-10-4-5-13-34(32)24-36)26-41(28-42)37-21-22-48-44(29-37)43-17-6-7-18-47(43)53-48/h1-31H. The number of para-hydroxylation sites is 1. The largest absolute Gasteiger partial charge is 0.456 e. The highest BCUT2D eigenvalue weighted by molar-refractivity contribution is 6.06. The minimum atomic E-state index is 0.663. The highest BCUT2D eigenvalue weighted by Crippen LogP contribution is 2.38. The molecule has 0 spiro atoms. The van der Waals surface area contributed by atoms with E-state index in [0.29, 0.717) is 5.82 Å². The lowest BCUT2D eigenvalue weighted by Crippen LogP contribution is -1.97. The van der Waals surface area contributed by atoms with E-state index in [1.807, 2.05) is 42.6 Å². The second-order valence-electron chi connectivity index (χ2n) is 13.3. The van der Waals surface area contributed by atoms with Gasteiger partial charge in [0.1, 0.15) is 11.2 Å². The van der Waals surface area contributed by atoms with E-state index in [1.54, 1.807) is 6.20 Å². The van der Waals surface area contributed by atoms with Gasteiger partial charge in [0.2, 0.25) is 0 Å². The van der Waals surface area contributed by atoms with Gasteiger partial charge in [-0.15, -0.1) is 0 Å². The molecule has 4 nitrogen and oxygen atoms in total. The van der Waals surface area contributed by atoms with E-state index < -0.39 is 0 Å². The maximum Gasteiger partial charge on any atom is 0.160 e. The summed E-state index contributed by atoms with van der Waals surface area (Å²) in [6, 6.07) is 61.5. The van der Waals surface area contributed by atoms with Gasteiger partial charge in [0, 0.05) is 45.4 Å². The van der Waals surface area contributed by atoms with Crippen LogP contribution in [0, 0.1) is 0 Å². The van der Waals surface area contributed by atoms with Crippen LogP contribution in [-0.4, -0.2) is 15.0 Å². The SMILES string of the molecule is c1ccc(-c2cc(-c3cc(-c4ccc5ccccc5c4)cc(-c4ccc5oc6ccccc6c5c4)c3)nc(-c3cccc(-c4cccnc4)c3)n2)cc1. The maximum absolute atomic E-state index is 6.20. The van der Waals surface area contributed by atoms with Crippen molar-refractivity contribution >= 4 is 32.7 Å². The first-order chi connectivity index (χ1) is 26.2. The summed E-state index contributed by atoms with van der Waals surface area (Å²) in [6.07, 6.45) is 3.68. The molecule has 0 aliphatic carbocycles. The van der Waals surface area contributed by atoms with Gasteiger partial charge in [-0.3, -0.25) is 4.98 Å². The van der Waals surface area contributed by atoms with Gasteiger partial charge >= 0.3 is 0 Å². The Labute approximate surface area is 306 Å². The summed E-state index contributed by atoms with van der Waals surface area (Å²) in [5.74, 6) is 0.663. The van der Waals surface area contributed by atoms with Gasteiger partial charge in [-0.25, -0.2) is 9.97 Å². The van der Waals surface area contributed by atoms with E-state index in [-0.39, 0.29) is 0 Å². The fraction of sp³-hybridized carbons (Fsp3) is 0. The number of pyridine rings is 1. The molecule has 0 aliphatic heterocycles. The maximum atomic E-state index is 6.20. The third-order valence-corrected chi connectivity index (χ3v) is 9.93. The first-order valence-corrected chi connectivity index (χ1v) is 17.7. The molecule has 248 valence electrons. The van der Waals surface area contributed by atoms with Gasteiger partial charge in [-0.1, -0.05) is 115 Å². The molecule has 0 saturated heterocycles. The molecule has 0 saturated carbocycles. The van der Waals surface area contributed by atoms with Crippen molar-refractivity contribution in [2.24, 2.45) is 0 Å². The molecule has 0 N–H and O–H groups in total. The van der Waals surface area contributed by atoms with Crippen LogP contribution in [0.3, 0.4) is 0 Å². The summed E-state index contributed by atoms with van der Waals surface area (Å²) in [5, 5.41) is 4.62. The second kappa shape index (κ2) is 12.9. The zero-order valence-electron chi connectivity index (χ0n) is 28.6. The minimum Gasteiger partial charge on any atom is -0.456 e. The Bertz CT molecular complexity index is 2950. The van der Waals surface area contributed by atoms with Crippen LogP contribution in [0.4, 0.5) is 0 Å². The van der Waals surface area contributed by atoms with Crippen molar-refractivity contribution in [3.05, 3.63) is 188 Å². The van der Waals surface area contributed by atoms with Crippen LogP contribution in [-0.2, 0) is 0 Å². The summed E-state index contributed by atoms with van der Waals surface area (Å²) in [7, 11) is 0. The van der Waals surface area contributed by atoms with E-state index in [0.717, 1.165) is 83.4 Å². The summed E-state index contributed by atoms with van der Waals surface area (Å²) in [5.41, 5.74) is 13.0. The van der Waals surface area contributed by atoms with Crippen molar-refractivity contribution in [2.45, 2.75) is 0 Å². The predicted molar refractivity (Wildman–Crippen MR) is 217 cm³/mol. The average molecular weight is 678 g/mol. The second-order valence-corrected chi connectivity index (χ2v) is 13.3. The number of fused-ring (bicyclic) bond motifs is 4. The van der Waals surface area contributed by atoms with Gasteiger partial charge < -0.3 is 4.42 Å². The number of rotatable bonds is 6. The molecule has 4 heteroatoms. The van der Waals surface area contributed by atoms with Crippen LogP contribution in [0.2, 0.25) is 0 Å². The quantitative estimate of drug-likeness (QED) is 0.176. The van der Waals surface area contributed by atoms with Gasteiger partial charge in [0.05, 0.1) is 11.4 Å². The minimum absolute atomic E-state index is 0.663. The van der Waals surface area contributed by atoms with Crippen LogP contribution in [0.25, 0.3) is 100.0 Å². The molecule has 10 aromatic rings. The molecule has 0 fully saturated rings. The Morgan fingerprint density at radius 2 is 0.962 bits per heavy atom. The Hall–Kier alpha value is -7.17.